The molecular weight excluding hydrogens is 264 g/mol. The summed E-state index contributed by atoms with van der Waals surface area (Å²) in [6.07, 6.45) is 0.199. The zero-order valence-electron chi connectivity index (χ0n) is 9.86. The Hall–Kier alpha value is -1.05. The average molecular weight is 279 g/mol. The van der Waals surface area contributed by atoms with E-state index in [-0.39, 0.29) is 17.9 Å². The van der Waals surface area contributed by atoms with Gasteiger partial charge in [0.1, 0.15) is 0 Å². The highest BCUT2D eigenvalue weighted by molar-refractivity contribution is 7.89. The minimum absolute atomic E-state index is 0.0380. The molecule has 0 amide bonds. The number of hydrogen-bond acceptors (Lipinski definition) is 3. The Morgan fingerprint density at radius 3 is 2.56 bits per heavy atom. The average Bonchev–Trinajstić information content (AvgIpc) is 2.32. The molecule has 0 fully saturated rings. The first kappa shape index (κ1) is 15.0. The van der Waals surface area contributed by atoms with Crippen LogP contribution < -0.4 is 4.72 Å². The summed E-state index contributed by atoms with van der Waals surface area (Å²) < 4.78 is 51.2. The number of aliphatic hydroxyl groups is 1. The maximum Gasteiger partial charge on any atom is 0.240 e. The molecule has 0 bridgehead atoms. The topological polar surface area (TPSA) is 66.4 Å². The number of benzene rings is 1. The van der Waals surface area contributed by atoms with Gasteiger partial charge in [-0.1, -0.05) is 6.92 Å². The van der Waals surface area contributed by atoms with Gasteiger partial charge in [-0.3, -0.25) is 0 Å². The van der Waals surface area contributed by atoms with Crippen LogP contribution in [-0.2, 0) is 10.0 Å². The van der Waals surface area contributed by atoms with Crippen LogP contribution in [0.2, 0.25) is 0 Å². The molecule has 0 heterocycles. The molecule has 0 saturated carbocycles. The maximum atomic E-state index is 12.9. The fourth-order valence-electron chi connectivity index (χ4n) is 1.29. The van der Waals surface area contributed by atoms with Crippen molar-refractivity contribution in [2.45, 2.75) is 30.8 Å². The smallest absolute Gasteiger partial charge is 0.240 e. The number of aliphatic hydroxyl groups excluding tert-OH is 1. The summed E-state index contributed by atoms with van der Waals surface area (Å²) in [5, 5.41) is 9.26. The molecule has 4 nitrogen and oxygen atoms in total. The summed E-state index contributed by atoms with van der Waals surface area (Å²) in [6.45, 7) is 1.81. The van der Waals surface area contributed by atoms with Crippen molar-refractivity contribution in [1.82, 2.24) is 4.72 Å². The summed E-state index contributed by atoms with van der Waals surface area (Å²) in [4.78, 5) is -0.340. The van der Waals surface area contributed by atoms with Gasteiger partial charge in [-0.25, -0.2) is 21.9 Å². The van der Waals surface area contributed by atoms with Gasteiger partial charge < -0.3 is 5.11 Å². The molecule has 1 atom stereocenters. The second-order valence-corrected chi connectivity index (χ2v) is 5.59. The lowest BCUT2D eigenvalue weighted by molar-refractivity contribution is 0.162. The molecule has 0 aromatic heterocycles. The van der Waals surface area contributed by atoms with Gasteiger partial charge in [0, 0.05) is 6.54 Å². The van der Waals surface area contributed by atoms with Crippen LogP contribution in [0.5, 0.6) is 0 Å². The van der Waals surface area contributed by atoms with E-state index in [1.807, 2.05) is 0 Å². The van der Waals surface area contributed by atoms with Gasteiger partial charge in [0.15, 0.2) is 11.6 Å². The van der Waals surface area contributed by atoms with Crippen LogP contribution in [0.4, 0.5) is 8.78 Å². The van der Waals surface area contributed by atoms with E-state index in [0.717, 1.165) is 12.1 Å². The van der Waals surface area contributed by atoms with Crippen LogP contribution in [0.25, 0.3) is 0 Å². The highest BCUT2D eigenvalue weighted by Crippen LogP contribution is 2.13. The van der Waals surface area contributed by atoms with Crippen molar-refractivity contribution in [1.29, 1.82) is 0 Å². The van der Waals surface area contributed by atoms with Crippen molar-refractivity contribution < 1.29 is 22.3 Å². The number of halogens is 2. The van der Waals surface area contributed by atoms with Gasteiger partial charge in [-0.15, -0.1) is 0 Å². The third kappa shape index (κ3) is 4.01. The lowest BCUT2D eigenvalue weighted by atomic mass is 10.2. The van der Waals surface area contributed by atoms with E-state index in [9.17, 15) is 22.3 Å². The maximum absolute atomic E-state index is 12.9. The molecule has 1 rings (SSSR count). The first-order valence-corrected chi connectivity index (χ1v) is 6.98. The Balaban J connectivity index is 2.71. The van der Waals surface area contributed by atoms with E-state index < -0.39 is 27.8 Å². The van der Waals surface area contributed by atoms with Crippen LogP contribution in [0.1, 0.15) is 19.8 Å². The summed E-state index contributed by atoms with van der Waals surface area (Å²) in [7, 11) is -3.87. The second-order valence-electron chi connectivity index (χ2n) is 3.82. The Bertz CT molecular complexity index is 505. The van der Waals surface area contributed by atoms with Crippen molar-refractivity contribution in [3.05, 3.63) is 29.8 Å². The standard InChI is InChI=1S/C11H15F2NO3S/c1-2-8(15)5-6-14-18(16,17)9-3-4-10(12)11(13)7-9/h3-4,7-8,14-15H,2,5-6H2,1H3. The van der Waals surface area contributed by atoms with E-state index in [0.29, 0.717) is 12.5 Å². The molecule has 1 unspecified atom stereocenters. The Labute approximate surface area is 105 Å². The molecule has 0 saturated heterocycles. The minimum atomic E-state index is -3.87. The van der Waals surface area contributed by atoms with Crippen molar-refractivity contribution in [3.8, 4) is 0 Å². The van der Waals surface area contributed by atoms with Crippen molar-refractivity contribution in [3.63, 3.8) is 0 Å². The van der Waals surface area contributed by atoms with Gasteiger partial charge in [0.25, 0.3) is 0 Å². The van der Waals surface area contributed by atoms with Gasteiger partial charge in [-0.05, 0) is 31.0 Å². The van der Waals surface area contributed by atoms with E-state index in [4.69, 9.17) is 0 Å². The zero-order chi connectivity index (χ0) is 13.8. The zero-order valence-corrected chi connectivity index (χ0v) is 10.7. The minimum Gasteiger partial charge on any atom is -0.393 e. The first-order valence-electron chi connectivity index (χ1n) is 5.49. The molecule has 1 aromatic rings. The lowest BCUT2D eigenvalue weighted by Gasteiger charge is -2.09. The van der Waals surface area contributed by atoms with Crippen LogP contribution in [0.3, 0.4) is 0 Å². The molecule has 1 aromatic carbocycles. The Kier molecular flexibility index (Phi) is 5.18. The summed E-state index contributed by atoms with van der Waals surface area (Å²) in [6, 6.07) is 2.36. The van der Waals surface area contributed by atoms with Gasteiger partial charge >= 0.3 is 0 Å². The monoisotopic (exact) mass is 279 g/mol. The largest absolute Gasteiger partial charge is 0.393 e. The molecule has 0 radical (unpaired) electrons. The van der Waals surface area contributed by atoms with E-state index in [1.165, 1.54) is 0 Å². The van der Waals surface area contributed by atoms with E-state index in [2.05, 4.69) is 4.72 Å². The fraction of sp³-hybridized carbons (Fsp3) is 0.455. The van der Waals surface area contributed by atoms with Gasteiger partial charge in [0.2, 0.25) is 10.0 Å². The van der Waals surface area contributed by atoms with Crippen molar-refractivity contribution >= 4 is 10.0 Å². The van der Waals surface area contributed by atoms with E-state index in [1.54, 1.807) is 6.92 Å². The molecule has 0 spiro atoms. The molecule has 2 N–H and O–H groups in total. The third-order valence-corrected chi connectivity index (χ3v) is 3.90. The molecule has 102 valence electrons. The molecule has 0 aliphatic heterocycles. The SMILES string of the molecule is CCC(O)CCNS(=O)(=O)c1ccc(F)c(F)c1. The molecule has 0 aliphatic rings. The molecular formula is C11H15F2NO3S. The highest BCUT2D eigenvalue weighted by atomic mass is 32.2. The first-order chi connectivity index (χ1) is 8.36. The fourth-order valence-corrected chi connectivity index (χ4v) is 2.35. The quantitative estimate of drug-likeness (QED) is 0.827. The molecule has 7 heteroatoms. The van der Waals surface area contributed by atoms with Crippen LogP contribution in [-0.4, -0.2) is 26.2 Å². The van der Waals surface area contributed by atoms with Crippen molar-refractivity contribution in [2.75, 3.05) is 6.54 Å². The Morgan fingerprint density at radius 1 is 1.33 bits per heavy atom. The van der Waals surface area contributed by atoms with Crippen LogP contribution in [0, 0.1) is 11.6 Å². The predicted molar refractivity (Wildman–Crippen MR) is 62.5 cm³/mol. The summed E-state index contributed by atoms with van der Waals surface area (Å²) >= 11 is 0. The van der Waals surface area contributed by atoms with E-state index >= 15 is 0 Å². The number of rotatable bonds is 6. The second kappa shape index (κ2) is 6.21. The summed E-state index contributed by atoms with van der Waals surface area (Å²) in [5.41, 5.74) is 0. The Morgan fingerprint density at radius 2 is 2.00 bits per heavy atom. The van der Waals surface area contributed by atoms with Gasteiger partial charge in [-0.2, -0.15) is 0 Å². The lowest BCUT2D eigenvalue weighted by Crippen LogP contribution is -2.27. The van der Waals surface area contributed by atoms with Crippen LogP contribution >= 0.6 is 0 Å². The van der Waals surface area contributed by atoms with Gasteiger partial charge in [0.05, 0.1) is 11.0 Å². The number of sulfonamides is 1. The number of hydrogen-bond donors (Lipinski definition) is 2. The third-order valence-electron chi connectivity index (χ3n) is 2.44. The highest BCUT2D eigenvalue weighted by Gasteiger charge is 2.16. The molecule has 18 heavy (non-hydrogen) atoms. The predicted octanol–water partition coefficient (Wildman–Crippen LogP) is 1.40. The molecule has 0 aliphatic carbocycles. The van der Waals surface area contributed by atoms with Crippen molar-refractivity contribution in [2.24, 2.45) is 0 Å². The van der Waals surface area contributed by atoms with Crippen LogP contribution in [0.15, 0.2) is 23.1 Å². The number of nitrogens with one attached hydrogen (secondary N) is 1. The normalized spacial score (nSPS) is 13.6. The summed E-state index contributed by atoms with van der Waals surface area (Å²) in [5.74, 6) is -2.32.